The predicted molar refractivity (Wildman–Crippen MR) is 126 cm³/mol. The average molecular weight is 457 g/mol. The van der Waals surface area contributed by atoms with Crippen LogP contribution in [0.3, 0.4) is 0 Å². The van der Waals surface area contributed by atoms with E-state index in [9.17, 15) is 4.79 Å². The molecule has 2 aromatic carbocycles. The predicted octanol–water partition coefficient (Wildman–Crippen LogP) is 5.67. The third-order valence-corrected chi connectivity index (χ3v) is 7.22. The molecule has 0 spiro atoms. The molecule has 0 radical (unpaired) electrons. The van der Waals surface area contributed by atoms with E-state index < -0.39 is 0 Å². The highest BCUT2D eigenvalue weighted by Gasteiger charge is 2.21. The lowest BCUT2D eigenvalue weighted by atomic mass is 10.2. The van der Waals surface area contributed by atoms with Crippen LogP contribution in [0.5, 0.6) is 0 Å². The van der Waals surface area contributed by atoms with Crippen molar-refractivity contribution in [2.24, 2.45) is 0 Å². The topological polar surface area (TPSA) is 51.0 Å². The number of fused-ring (bicyclic) bond motifs is 1. The number of amides is 1. The maximum absolute atomic E-state index is 13.2. The molecule has 0 N–H and O–H groups in total. The number of benzene rings is 2. The molecule has 5 nitrogen and oxygen atoms in total. The number of aryl methyl sites for hydroxylation is 2. The van der Waals surface area contributed by atoms with Gasteiger partial charge in [-0.05, 0) is 37.1 Å². The molecule has 8 heteroatoms. The molecule has 0 aliphatic heterocycles. The standard InChI is InChI=1S/C22H21ClN4OS2/c1-16-8-9-18(23)21-20(16)25-22(30-21)27(12-5-11-26-13-10-24-15-26)19(28)14-29-17-6-3-2-4-7-17/h2-4,6-10,13,15H,5,11-12,14H2,1H3. The molecular formula is C22H21ClN4OS2. The number of imidazole rings is 1. The Morgan fingerprint density at radius 2 is 2.07 bits per heavy atom. The van der Waals surface area contributed by atoms with Crippen LogP contribution in [0.25, 0.3) is 10.2 Å². The molecule has 2 heterocycles. The summed E-state index contributed by atoms with van der Waals surface area (Å²) >= 11 is 9.41. The number of hydrogen-bond acceptors (Lipinski definition) is 5. The van der Waals surface area contributed by atoms with E-state index in [4.69, 9.17) is 16.6 Å². The summed E-state index contributed by atoms with van der Waals surface area (Å²) in [6, 6.07) is 13.8. The van der Waals surface area contributed by atoms with Crippen LogP contribution in [0.15, 0.2) is 66.1 Å². The lowest BCUT2D eigenvalue weighted by Gasteiger charge is -2.20. The summed E-state index contributed by atoms with van der Waals surface area (Å²) in [5, 5.41) is 1.37. The monoisotopic (exact) mass is 456 g/mol. The molecule has 0 atom stereocenters. The van der Waals surface area contributed by atoms with Crippen molar-refractivity contribution < 1.29 is 4.79 Å². The quantitative estimate of drug-likeness (QED) is 0.320. The third kappa shape index (κ3) is 4.86. The molecule has 1 amide bonds. The van der Waals surface area contributed by atoms with E-state index in [2.05, 4.69) is 4.98 Å². The van der Waals surface area contributed by atoms with Crippen molar-refractivity contribution in [2.45, 2.75) is 24.8 Å². The van der Waals surface area contributed by atoms with E-state index in [-0.39, 0.29) is 5.91 Å². The van der Waals surface area contributed by atoms with E-state index in [0.717, 1.165) is 33.6 Å². The number of halogens is 1. The van der Waals surface area contributed by atoms with Gasteiger partial charge in [0.2, 0.25) is 5.91 Å². The van der Waals surface area contributed by atoms with Gasteiger partial charge in [0, 0.05) is 30.4 Å². The lowest BCUT2D eigenvalue weighted by Crippen LogP contribution is -2.33. The Morgan fingerprint density at radius 3 is 2.80 bits per heavy atom. The summed E-state index contributed by atoms with van der Waals surface area (Å²) in [5.74, 6) is 0.403. The minimum atomic E-state index is 0.0438. The van der Waals surface area contributed by atoms with E-state index in [1.807, 2.05) is 60.2 Å². The van der Waals surface area contributed by atoms with E-state index >= 15 is 0 Å². The number of rotatable bonds is 8. The van der Waals surface area contributed by atoms with Gasteiger partial charge < -0.3 is 4.57 Å². The zero-order valence-corrected chi connectivity index (χ0v) is 18.9. The molecule has 0 aliphatic carbocycles. The van der Waals surface area contributed by atoms with Crippen molar-refractivity contribution in [3.8, 4) is 0 Å². The molecule has 154 valence electrons. The number of anilines is 1. The summed E-state index contributed by atoms with van der Waals surface area (Å²) in [6.45, 7) is 3.39. The van der Waals surface area contributed by atoms with Gasteiger partial charge in [0.05, 0.1) is 27.3 Å². The highest BCUT2D eigenvalue weighted by atomic mass is 35.5. The highest BCUT2D eigenvalue weighted by Crippen LogP contribution is 2.36. The van der Waals surface area contributed by atoms with Crippen LogP contribution < -0.4 is 4.90 Å². The first-order valence-corrected chi connectivity index (χ1v) is 11.8. The van der Waals surface area contributed by atoms with Gasteiger partial charge in [0.1, 0.15) is 0 Å². The van der Waals surface area contributed by atoms with Crippen LogP contribution in [-0.4, -0.2) is 32.7 Å². The Hall–Kier alpha value is -2.35. The van der Waals surface area contributed by atoms with Crippen molar-refractivity contribution in [3.05, 3.63) is 71.8 Å². The molecule has 0 fully saturated rings. The van der Waals surface area contributed by atoms with E-state index in [1.54, 1.807) is 29.2 Å². The summed E-state index contributed by atoms with van der Waals surface area (Å²) < 4.78 is 2.94. The van der Waals surface area contributed by atoms with Crippen molar-refractivity contribution in [1.29, 1.82) is 0 Å². The van der Waals surface area contributed by atoms with Gasteiger partial charge in [-0.15, -0.1) is 11.8 Å². The Kier molecular flexibility index (Phi) is 6.72. The van der Waals surface area contributed by atoms with Crippen LogP contribution in [0.1, 0.15) is 12.0 Å². The van der Waals surface area contributed by atoms with E-state index in [0.29, 0.717) is 22.5 Å². The first-order valence-electron chi connectivity index (χ1n) is 9.61. The number of thiazole rings is 1. The first kappa shape index (κ1) is 20.9. The van der Waals surface area contributed by atoms with Gasteiger partial charge in [0.15, 0.2) is 5.13 Å². The molecule has 0 saturated carbocycles. The van der Waals surface area contributed by atoms with Gasteiger partial charge in [-0.3, -0.25) is 9.69 Å². The van der Waals surface area contributed by atoms with Gasteiger partial charge in [-0.2, -0.15) is 0 Å². The van der Waals surface area contributed by atoms with Gasteiger partial charge in [0.25, 0.3) is 0 Å². The number of aromatic nitrogens is 3. The van der Waals surface area contributed by atoms with Crippen LogP contribution in [0.4, 0.5) is 5.13 Å². The SMILES string of the molecule is Cc1ccc(Cl)c2sc(N(CCCn3ccnc3)C(=O)CSc3ccccc3)nc12. The molecule has 4 rings (SSSR count). The van der Waals surface area contributed by atoms with Crippen molar-refractivity contribution in [2.75, 3.05) is 17.2 Å². The van der Waals surface area contributed by atoms with Gasteiger partial charge >= 0.3 is 0 Å². The Morgan fingerprint density at radius 1 is 1.23 bits per heavy atom. The molecule has 30 heavy (non-hydrogen) atoms. The summed E-state index contributed by atoms with van der Waals surface area (Å²) in [6.07, 6.45) is 6.29. The number of carbonyl (C=O) groups excluding carboxylic acids is 1. The molecule has 0 saturated heterocycles. The van der Waals surface area contributed by atoms with Crippen LogP contribution in [0, 0.1) is 6.92 Å². The fourth-order valence-electron chi connectivity index (χ4n) is 3.10. The number of thioether (sulfide) groups is 1. The second-order valence-corrected chi connectivity index (χ2v) is 9.27. The van der Waals surface area contributed by atoms with Gasteiger partial charge in [-0.1, -0.05) is 47.2 Å². The first-order chi connectivity index (χ1) is 14.6. The van der Waals surface area contributed by atoms with Crippen molar-refractivity contribution in [3.63, 3.8) is 0 Å². The number of hydrogen-bond donors (Lipinski definition) is 0. The van der Waals surface area contributed by atoms with Crippen molar-refractivity contribution in [1.82, 2.24) is 14.5 Å². The zero-order valence-electron chi connectivity index (χ0n) is 16.5. The maximum atomic E-state index is 13.2. The fourth-order valence-corrected chi connectivity index (χ4v) is 5.26. The molecule has 0 aliphatic rings. The molecule has 0 unspecified atom stereocenters. The van der Waals surface area contributed by atoms with Crippen LogP contribution in [0.2, 0.25) is 5.02 Å². The molecule has 2 aromatic heterocycles. The second kappa shape index (κ2) is 9.64. The molecule has 4 aromatic rings. The fraction of sp³-hybridized carbons (Fsp3) is 0.227. The Labute approximate surface area is 188 Å². The zero-order chi connectivity index (χ0) is 20.9. The average Bonchev–Trinajstić information content (AvgIpc) is 3.44. The number of carbonyl (C=O) groups is 1. The van der Waals surface area contributed by atoms with Crippen molar-refractivity contribution >= 4 is 56.0 Å². The minimum Gasteiger partial charge on any atom is -0.337 e. The second-order valence-electron chi connectivity index (χ2n) is 6.84. The molecule has 0 bridgehead atoms. The smallest absolute Gasteiger partial charge is 0.239 e. The summed E-state index contributed by atoms with van der Waals surface area (Å²) in [7, 11) is 0. The Bertz CT molecular complexity index is 1090. The van der Waals surface area contributed by atoms with Gasteiger partial charge in [-0.25, -0.2) is 9.97 Å². The highest BCUT2D eigenvalue weighted by molar-refractivity contribution is 8.00. The maximum Gasteiger partial charge on any atom is 0.239 e. The largest absolute Gasteiger partial charge is 0.337 e. The van der Waals surface area contributed by atoms with Crippen LogP contribution in [-0.2, 0) is 11.3 Å². The van der Waals surface area contributed by atoms with Crippen LogP contribution >= 0.6 is 34.7 Å². The molecular weight excluding hydrogens is 436 g/mol. The van der Waals surface area contributed by atoms with E-state index in [1.165, 1.54) is 11.3 Å². The third-order valence-electron chi connectivity index (χ3n) is 4.68. The summed E-state index contributed by atoms with van der Waals surface area (Å²) in [4.78, 5) is 24.9. The number of nitrogens with zero attached hydrogens (tertiary/aromatic N) is 4. The Balaban J connectivity index is 1.55. The minimum absolute atomic E-state index is 0.0438. The normalized spacial score (nSPS) is 11.1. The summed E-state index contributed by atoms with van der Waals surface area (Å²) in [5.41, 5.74) is 1.92. The lowest BCUT2D eigenvalue weighted by molar-refractivity contribution is -0.116.